The van der Waals surface area contributed by atoms with Crippen molar-refractivity contribution in [1.82, 2.24) is 9.62 Å². The number of amides is 1. The molecule has 0 aliphatic carbocycles. The van der Waals surface area contributed by atoms with Gasteiger partial charge in [0.25, 0.3) is 5.91 Å². The quantitative estimate of drug-likeness (QED) is 0.714. The number of nitrogens with one attached hydrogen (secondary N) is 1. The number of halogens is 1. The summed E-state index contributed by atoms with van der Waals surface area (Å²) >= 11 is 0. The molecule has 0 bridgehead atoms. The molecule has 1 amide bonds. The molecule has 7 nitrogen and oxygen atoms in total. The van der Waals surface area contributed by atoms with E-state index in [0.717, 1.165) is 0 Å². The minimum Gasteiger partial charge on any atom is -0.373 e. The summed E-state index contributed by atoms with van der Waals surface area (Å²) in [6.07, 6.45) is -0.308. The van der Waals surface area contributed by atoms with Crippen LogP contribution < -0.4 is 11.1 Å². The molecule has 0 radical (unpaired) electrons. The molecule has 1 aliphatic heterocycles. The van der Waals surface area contributed by atoms with Gasteiger partial charge in [0, 0.05) is 25.2 Å². The van der Waals surface area contributed by atoms with Crippen molar-refractivity contribution in [3.8, 4) is 0 Å². The molecule has 1 aromatic rings. The van der Waals surface area contributed by atoms with E-state index in [1.165, 1.54) is 28.6 Å². The lowest BCUT2D eigenvalue weighted by molar-refractivity contribution is -0.0440. The minimum absolute atomic E-state index is 0. The first-order chi connectivity index (χ1) is 12.5. The zero-order valence-electron chi connectivity index (χ0n) is 17.1. The smallest absolute Gasteiger partial charge is 0.251 e. The molecule has 0 saturated carbocycles. The highest BCUT2D eigenvalue weighted by Crippen LogP contribution is 2.22. The highest BCUT2D eigenvalue weighted by atomic mass is 35.5. The molecule has 9 heteroatoms. The largest absolute Gasteiger partial charge is 0.373 e. The molecule has 3 atom stereocenters. The number of nitrogens with zero attached hydrogens (tertiary/aromatic N) is 1. The van der Waals surface area contributed by atoms with Crippen molar-refractivity contribution in [2.45, 2.75) is 57.3 Å². The Kier molecular flexibility index (Phi) is 8.47. The van der Waals surface area contributed by atoms with E-state index >= 15 is 0 Å². The van der Waals surface area contributed by atoms with E-state index in [-0.39, 0.29) is 41.3 Å². The fourth-order valence-corrected chi connectivity index (χ4v) is 4.61. The van der Waals surface area contributed by atoms with Crippen LogP contribution in [0.5, 0.6) is 0 Å². The average Bonchev–Trinajstić information content (AvgIpc) is 2.60. The number of benzene rings is 1. The number of hydrogen-bond donors (Lipinski definition) is 2. The first-order valence-electron chi connectivity index (χ1n) is 9.28. The molecule has 0 aromatic heterocycles. The maximum atomic E-state index is 12.9. The van der Waals surface area contributed by atoms with E-state index in [2.05, 4.69) is 5.32 Å². The summed E-state index contributed by atoms with van der Waals surface area (Å²) in [5.74, 6) is -0.106. The second-order valence-corrected chi connectivity index (χ2v) is 9.77. The summed E-state index contributed by atoms with van der Waals surface area (Å²) in [5.41, 5.74) is 5.69. The van der Waals surface area contributed by atoms with E-state index in [1.54, 1.807) is 0 Å². The van der Waals surface area contributed by atoms with Gasteiger partial charge < -0.3 is 15.8 Å². The molecule has 2 rings (SSSR count). The number of carbonyl (C=O) groups excluding carboxylic acids is 1. The number of nitrogens with two attached hydrogens (primary N) is 1. The average molecular weight is 434 g/mol. The van der Waals surface area contributed by atoms with E-state index in [4.69, 9.17) is 10.5 Å². The van der Waals surface area contributed by atoms with E-state index in [0.29, 0.717) is 25.2 Å². The topological polar surface area (TPSA) is 102 Å². The fraction of sp³-hybridized carbons (Fsp3) is 0.632. The number of rotatable bonds is 6. The monoisotopic (exact) mass is 433 g/mol. The van der Waals surface area contributed by atoms with Crippen molar-refractivity contribution in [2.75, 3.05) is 19.6 Å². The second kappa shape index (κ2) is 9.54. The van der Waals surface area contributed by atoms with Gasteiger partial charge in [-0.05, 0) is 51.0 Å². The number of morpholine rings is 1. The van der Waals surface area contributed by atoms with Gasteiger partial charge in [0.1, 0.15) is 0 Å². The summed E-state index contributed by atoms with van der Waals surface area (Å²) in [6.45, 7) is 10.5. The molecule has 160 valence electrons. The summed E-state index contributed by atoms with van der Waals surface area (Å²) in [7, 11) is -3.62. The summed E-state index contributed by atoms with van der Waals surface area (Å²) in [5, 5.41) is 2.95. The van der Waals surface area contributed by atoms with Crippen LogP contribution in [-0.4, -0.2) is 56.0 Å². The molecule has 0 spiro atoms. The van der Waals surface area contributed by atoms with Gasteiger partial charge in [-0.1, -0.05) is 13.8 Å². The van der Waals surface area contributed by atoms with Crippen LogP contribution >= 0.6 is 12.4 Å². The summed E-state index contributed by atoms with van der Waals surface area (Å²) in [4.78, 5) is 12.7. The van der Waals surface area contributed by atoms with Gasteiger partial charge in [0.2, 0.25) is 10.0 Å². The van der Waals surface area contributed by atoms with E-state index in [9.17, 15) is 13.2 Å². The van der Waals surface area contributed by atoms with Crippen LogP contribution in [0.4, 0.5) is 0 Å². The normalized spacial score (nSPS) is 23.0. The van der Waals surface area contributed by atoms with Crippen LogP contribution in [0, 0.1) is 5.92 Å². The van der Waals surface area contributed by atoms with E-state index < -0.39 is 15.6 Å². The van der Waals surface area contributed by atoms with Crippen molar-refractivity contribution < 1.29 is 17.9 Å². The third-order valence-corrected chi connectivity index (χ3v) is 7.08. The van der Waals surface area contributed by atoms with Gasteiger partial charge in [-0.3, -0.25) is 4.79 Å². The van der Waals surface area contributed by atoms with Crippen LogP contribution in [-0.2, 0) is 14.8 Å². The van der Waals surface area contributed by atoms with Gasteiger partial charge in [-0.2, -0.15) is 4.31 Å². The molecular formula is C19H32ClN3O4S. The first kappa shape index (κ1) is 24.8. The molecule has 1 saturated heterocycles. The SMILES string of the molecule is CC1CN(S(=O)(=O)c2ccc(C(=O)NC(C)(CN)C(C)C)cc2)CC(C)O1.Cl. The molecule has 3 unspecified atom stereocenters. The molecule has 1 aliphatic rings. The summed E-state index contributed by atoms with van der Waals surface area (Å²) in [6, 6.07) is 6.02. The van der Waals surface area contributed by atoms with Crippen molar-refractivity contribution in [2.24, 2.45) is 11.7 Å². The van der Waals surface area contributed by atoms with Crippen LogP contribution in [0.2, 0.25) is 0 Å². The fourth-order valence-electron chi connectivity index (χ4n) is 3.02. The first-order valence-corrected chi connectivity index (χ1v) is 10.7. The maximum Gasteiger partial charge on any atom is 0.251 e. The predicted octanol–water partition coefficient (Wildman–Crippen LogP) is 2.01. The highest BCUT2D eigenvalue weighted by Gasteiger charge is 2.33. The maximum absolute atomic E-state index is 12.9. The molecule has 1 aromatic carbocycles. The van der Waals surface area contributed by atoms with Gasteiger partial charge in [-0.25, -0.2) is 8.42 Å². The zero-order chi connectivity index (χ0) is 20.4. The zero-order valence-corrected chi connectivity index (χ0v) is 18.8. The van der Waals surface area contributed by atoms with Gasteiger partial charge in [-0.15, -0.1) is 12.4 Å². The Bertz CT molecular complexity index is 760. The van der Waals surface area contributed by atoms with Crippen LogP contribution in [0.25, 0.3) is 0 Å². The van der Waals surface area contributed by atoms with Gasteiger partial charge in [0.05, 0.1) is 22.6 Å². The Morgan fingerprint density at radius 2 is 1.75 bits per heavy atom. The van der Waals surface area contributed by atoms with E-state index in [1.807, 2.05) is 34.6 Å². The van der Waals surface area contributed by atoms with Crippen LogP contribution in [0.15, 0.2) is 29.2 Å². The van der Waals surface area contributed by atoms with Crippen molar-refractivity contribution in [3.63, 3.8) is 0 Å². The highest BCUT2D eigenvalue weighted by molar-refractivity contribution is 7.89. The molecule has 28 heavy (non-hydrogen) atoms. The Hall–Kier alpha value is -1.19. The second-order valence-electron chi connectivity index (χ2n) is 7.83. The molecule has 3 N–H and O–H groups in total. The van der Waals surface area contributed by atoms with Gasteiger partial charge in [0.15, 0.2) is 0 Å². The number of carbonyl (C=O) groups is 1. The van der Waals surface area contributed by atoms with Crippen LogP contribution in [0.3, 0.4) is 0 Å². The molecular weight excluding hydrogens is 402 g/mol. The Morgan fingerprint density at radius 3 is 2.18 bits per heavy atom. The Labute approximate surface area is 174 Å². The summed E-state index contributed by atoms with van der Waals surface area (Å²) < 4.78 is 32.8. The Morgan fingerprint density at radius 1 is 1.25 bits per heavy atom. The lowest BCUT2D eigenvalue weighted by Gasteiger charge is -2.34. The standard InChI is InChI=1S/C19H31N3O4S.ClH/c1-13(2)19(5,12-20)21-18(23)16-6-8-17(9-7-16)27(24,25)22-10-14(3)26-15(4)11-22;/h6-9,13-15H,10-12,20H2,1-5H3,(H,21,23);1H. The lowest BCUT2D eigenvalue weighted by atomic mass is 9.88. The third kappa shape index (κ3) is 5.45. The Balaban J connectivity index is 0.00000392. The van der Waals surface area contributed by atoms with Gasteiger partial charge >= 0.3 is 0 Å². The third-order valence-electron chi connectivity index (χ3n) is 5.24. The van der Waals surface area contributed by atoms with Crippen LogP contribution in [0.1, 0.15) is 45.0 Å². The lowest BCUT2D eigenvalue weighted by Crippen LogP contribution is -2.55. The molecule has 1 fully saturated rings. The number of ether oxygens (including phenoxy) is 1. The number of hydrogen-bond acceptors (Lipinski definition) is 5. The predicted molar refractivity (Wildman–Crippen MR) is 112 cm³/mol. The van der Waals surface area contributed by atoms with Crippen molar-refractivity contribution >= 4 is 28.3 Å². The van der Waals surface area contributed by atoms with Crippen molar-refractivity contribution in [1.29, 1.82) is 0 Å². The van der Waals surface area contributed by atoms with Crippen molar-refractivity contribution in [3.05, 3.63) is 29.8 Å². The number of sulfonamides is 1. The minimum atomic E-state index is -3.62. The molecule has 1 heterocycles.